The topological polar surface area (TPSA) is 102 Å². The molecule has 1 unspecified atom stereocenters. The van der Waals surface area contributed by atoms with Gasteiger partial charge >= 0.3 is 5.69 Å². The Morgan fingerprint density at radius 2 is 1.85 bits per heavy atom. The summed E-state index contributed by atoms with van der Waals surface area (Å²) in [4.78, 5) is 27.7. The Morgan fingerprint density at radius 1 is 1.15 bits per heavy atom. The van der Waals surface area contributed by atoms with Crippen molar-refractivity contribution in [1.82, 2.24) is 29.4 Å². The molecular weight excluding hydrogens is 422 g/mol. The summed E-state index contributed by atoms with van der Waals surface area (Å²) >= 11 is 0. The summed E-state index contributed by atoms with van der Waals surface area (Å²) < 4.78 is 3.40. The number of carbonyl (C=O) groups is 1. The molecule has 0 aliphatic carbocycles. The predicted octanol–water partition coefficient (Wildman–Crippen LogP) is 2.89. The normalized spacial score (nSPS) is 15.5. The van der Waals surface area contributed by atoms with Crippen LogP contribution >= 0.6 is 0 Å². The minimum atomic E-state index is -0.529. The van der Waals surface area contributed by atoms with E-state index in [2.05, 4.69) is 16.9 Å². The van der Waals surface area contributed by atoms with Crippen molar-refractivity contribution in [2.24, 2.45) is 0 Å². The van der Waals surface area contributed by atoms with Gasteiger partial charge in [0.2, 0.25) is 5.91 Å². The zero-order valence-corrected chi connectivity index (χ0v) is 19.2. The van der Waals surface area contributed by atoms with Crippen molar-refractivity contribution in [3.8, 4) is 5.69 Å². The lowest BCUT2D eigenvalue weighted by Gasteiger charge is -2.36. The number of carbonyl (C=O) groups excluding carboxylic acids is 1. The second kappa shape index (κ2) is 9.53. The van der Waals surface area contributed by atoms with Crippen molar-refractivity contribution >= 4 is 11.6 Å². The molecule has 10 nitrogen and oxygen atoms in total. The highest BCUT2D eigenvalue weighted by atomic mass is 16.6. The molecule has 1 atom stereocenters. The first-order valence-electron chi connectivity index (χ1n) is 11.2. The Labute approximate surface area is 192 Å². The van der Waals surface area contributed by atoms with Gasteiger partial charge in [0.25, 0.3) is 0 Å². The van der Waals surface area contributed by atoms with Crippen molar-refractivity contribution in [3.05, 3.63) is 69.8 Å². The lowest BCUT2D eigenvalue weighted by Crippen LogP contribution is -2.50. The molecule has 0 bridgehead atoms. The molecule has 0 saturated carbocycles. The maximum absolute atomic E-state index is 13.1. The van der Waals surface area contributed by atoms with Gasteiger partial charge in [-0.3, -0.25) is 24.5 Å². The first kappa shape index (κ1) is 22.7. The highest BCUT2D eigenvalue weighted by molar-refractivity contribution is 5.80. The van der Waals surface area contributed by atoms with Crippen LogP contribution in [-0.2, 0) is 11.3 Å². The van der Waals surface area contributed by atoms with E-state index < -0.39 is 11.0 Å². The van der Waals surface area contributed by atoms with Gasteiger partial charge in [0.15, 0.2) is 0 Å². The van der Waals surface area contributed by atoms with Crippen molar-refractivity contribution in [1.29, 1.82) is 0 Å². The second-order valence-corrected chi connectivity index (χ2v) is 8.36. The molecule has 2 aromatic heterocycles. The van der Waals surface area contributed by atoms with Crippen LogP contribution in [0.4, 0.5) is 5.69 Å². The number of para-hydroxylation sites is 1. The van der Waals surface area contributed by atoms with E-state index in [9.17, 15) is 14.9 Å². The predicted molar refractivity (Wildman–Crippen MR) is 123 cm³/mol. The molecule has 10 heteroatoms. The van der Waals surface area contributed by atoms with Gasteiger partial charge < -0.3 is 4.90 Å². The quantitative estimate of drug-likeness (QED) is 0.404. The Kier molecular flexibility index (Phi) is 6.55. The SMILES string of the molecule is CCC(C(=O)N1CCN(Cc2c(C)nn(-c3ccccc3)c2C)CC1)n1cc([N+](=O)[O-])cn1. The molecule has 0 N–H and O–H groups in total. The first-order valence-corrected chi connectivity index (χ1v) is 11.2. The highest BCUT2D eigenvalue weighted by Crippen LogP contribution is 2.22. The third kappa shape index (κ3) is 4.65. The van der Waals surface area contributed by atoms with Crippen LogP contribution in [0.15, 0.2) is 42.7 Å². The third-order valence-electron chi connectivity index (χ3n) is 6.30. The number of aryl methyl sites for hydroxylation is 1. The number of amides is 1. The molecule has 4 rings (SSSR count). The minimum absolute atomic E-state index is 0.0422. The Balaban J connectivity index is 1.39. The van der Waals surface area contributed by atoms with Crippen molar-refractivity contribution < 1.29 is 9.72 Å². The standard InChI is InChI=1S/C23H29N7O3/c1-4-22(28-15-20(14-24-28)30(32)33)23(31)27-12-10-26(11-13-27)16-21-17(2)25-29(18(21)3)19-8-6-5-7-9-19/h5-9,14-15,22H,4,10-13,16H2,1-3H3. The number of nitrogens with zero attached hydrogens (tertiary/aromatic N) is 7. The molecule has 33 heavy (non-hydrogen) atoms. The summed E-state index contributed by atoms with van der Waals surface area (Å²) in [6, 6.07) is 9.57. The summed E-state index contributed by atoms with van der Waals surface area (Å²) in [5.41, 5.74) is 4.30. The monoisotopic (exact) mass is 451 g/mol. The molecule has 1 aliphatic rings. The van der Waals surface area contributed by atoms with Crippen molar-refractivity contribution in [3.63, 3.8) is 0 Å². The molecule has 3 heterocycles. The molecule has 1 aromatic carbocycles. The van der Waals surface area contributed by atoms with Gasteiger partial charge in [-0.25, -0.2) is 4.68 Å². The minimum Gasteiger partial charge on any atom is -0.338 e. The lowest BCUT2D eigenvalue weighted by atomic mass is 10.1. The molecule has 1 amide bonds. The molecule has 174 valence electrons. The van der Waals surface area contributed by atoms with Gasteiger partial charge in [-0.05, 0) is 32.4 Å². The van der Waals surface area contributed by atoms with Crippen LogP contribution in [-0.4, -0.2) is 66.4 Å². The van der Waals surface area contributed by atoms with Gasteiger partial charge in [-0.2, -0.15) is 10.2 Å². The number of benzene rings is 1. The van der Waals surface area contributed by atoms with Crippen LogP contribution in [0.3, 0.4) is 0 Å². The Bertz CT molecular complexity index is 1130. The number of hydrogen-bond acceptors (Lipinski definition) is 6. The average Bonchev–Trinajstić information content (AvgIpc) is 3.42. The third-order valence-corrected chi connectivity index (χ3v) is 6.30. The molecule has 1 saturated heterocycles. The van der Waals surface area contributed by atoms with Gasteiger partial charge in [0.05, 0.1) is 16.3 Å². The fourth-order valence-corrected chi connectivity index (χ4v) is 4.35. The van der Waals surface area contributed by atoms with E-state index in [-0.39, 0.29) is 11.6 Å². The lowest BCUT2D eigenvalue weighted by molar-refractivity contribution is -0.385. The van der Waals surface area contributed by atoms with Crippen LogP contribution in [0.2, 0.25) is 0 Å². The van der Waals surface area contributed by atoms with Gasteiger partial charge in [0.1, 0.15) is 18.4 Å². The Morgan fingerprint density at radius 3 is 2.45 bits per heavy atom. The number of nitro groups is 1. The van der Waals surface area contributed by atoms with Crippen molar-refractivity contribution in [2.75, 3.05) is 26.2 Å². The van der Waals surface area contributed by atoms with Crippen LogP contribution < -0.4 is 0 Å². The van der Waals surface area contributed by atoms with E-state index in [0.717, 1.165) is 36.7 Å². The van der Waals surface area contributed by atoms with Crippen LogP contribution in [0.1, 0.15) is 36.3 Å². The zero-order valence-electron chi connectivity index (χ0n) is 19.2. The van der Waals surface area contributed by atoms with E-state index in [1.165, 1.54) is 22.6 Å². The van der Waals surface area contributed by atoms with Gasteiger partial charge in [-0.15, -0.1) is 0 Å². The van der Waals surface area contributed by atoms with Crippen molar-refractivity contribution in [2.45, 2.75) is 39.8 Å². The summed E-state index contributed by atoms with van der Waals surface area (Å²) in [7, 11) is 0. The largest absolute Gasteiger partial charge is 0.338 e. The Hall–Kier alpha value is -3.53. The number of rotatable bonds is 7. The van der Waals surface area contributed by atoms with E-state index in [1.54, 1.807) is 0 Å². The smallest absolute Gasteiger partial charge is 0.307 e. The van der Waals surface area contributed by atoms with Crippen LogP contribution in [0.5, 0.6) is 0 Å². The van der Waals surface area contributed by atoms with Gasteiger partial charge in [-0.1, -0.05) is 25.1 Å². The van der Waals surface area contributed by atoms with Gasteiger partial charge in [0, 0.05) is 44.0 Å². The maximum atomic E-state index is 13.1. The fraction of sp³-hybridized carbons (Fsp3) is 0.435. The summed E-state index contributed by atoms with van der Waals surface area (Å²) in [6.07, 6.45) is 3.04. The number of hydrogen-bond donors (Lipinski definition) is 0. The van der Waals surface area contributed by atoms with E-state index >= 15 is 0 Å². The van der Waals surface area contributed by atoms with Crippen LogP contribution in [0, 0.1) is 24.0 Å². The molecular formula is C23H29N7O3. The maximum Gasteiger partial charge on any atom is 0.307 e. The molecule has 3 aromatic rings. The highest BCUT2D eigenvalue weighted by Gasteiger charge is 2.29. The molecule has 0 spiro atoms. The zero-order chi connectivity index (χ0) is 23.5. The summed E-state index contributed by atoms with van der Waals surface area (Å²) in [5.74, 6) is -0.0422. The second-order valence-electron chi connectivity index (χ2n) is 8.36. The van der Waals surface area contributed by atoms with E-state index in [1.807, 2.05) is 53.8 Å². The van der Waals surface area contributed by atoms with E-state index in [0.29, 0.717) is 19.5 Å². The van der Waals surface area contributed by atoms with Crippen LogP contribution in [0.25, 0.3) is 5.69 Å². The molecule has 1 fully saturated rings. The first-order chi connectivity index (χ1) is 15.9. The van der Waals surface area contributed by atoms with E-state index in [4.69, 9.17) is 5.10 Å². The number of piperazine rings is 1. The summed E-state index contributed by atoms with van der Waals surface area (Å²) in [5, 5.41) is 19.7. The fourth-order valence-electron chi connectivity index (χ4n) is 4.35. The summed E-state index contributed by atoms with van der Waals surface area (Å²) in [6.45, 7) is 9.56. The molecule has 1 aliphatic heterocycles. The molecule has 0 radical (unpaired) electrons. The average molecular weight is 452 g/mol. The number of aromatic nitrogens is 4.